The number of carboxylic acids is 1. The fourth-order valence-electron chi connectivity index (χ4n) is 1.30. The molecule has 1 heterocycles. The maximum absolute atomic E-state index is 10.5. The van der Waals surface area contributed by atoms with Gasteiger partial charge in [-0.05, 0) is 19.3 Å². The topological polar surface area (TPSA) is 77.9 Å². The number of aromatic carboxylic acids is 1. The van der Waals surface area contributed by atoms with Gasteiger partial charge in [0.2, 0.25) is 0 Å². The number of carboxylic acid groups (broad SMARTS) is 1. The van der Waals surface area contributed by atoms with Gasteiger partial charge in [-0.15, -0.1) is 0 Å². The Morgan fingerprint density at radius 2 is 2.20 bits per heavy atom. The predicted molar refractivity (Wildman–Crippen MR) is 47.6 cm³/mol. The van der Waals surface area contributed by atoms with E-state index in [1.165, 1.54) is 18.8 Å². The second-order valence-corrected chi connectivity index (χ2v) is 3.35. The van der Waals surface area contributed by atoms with Crippen molar-refractivity contribution < 1.29 is 39.5 Å². The summed E-state index contributed by atoms with van der Waals surface area (Å²) >= 11 is 0. The minimum atomic E-state index is -1.30. The molecule has 1 fully saturated rings. The number of carbonyl (C=O) groups is 1. The van der Waals surface area contributed by atoms with E-state index < -0.39 is 5.97 Å². The smallest absolute Gasteiger partial charge is 0.543 e. The molecule has 1 aliphatic carbocycles. The van der Waals surface area contributed by atoms with Gasteiger partial charge in [-0.1, -0.05) is 0 Å². The first-order valence-corrected chi connectivity index (χ1v) is 4.55. The summed E-state index contributed by atoms with van der Waals surface area (Å²) in [6, 6.07) is 0.418. The van der Waals surface area contributed by atoms with Crippen LogP contribution in [0.15, 0.2) is 12.4 Å². The fourth-order valence-corrected chi connectivity index (χ4v) is 1.30. The van der Waals surface area contributed by atoms with Crippen LogP contribution in [0.4, 0.5) is 5.82 Å². The van der Waals surface area contributed by atoms with Gasteiger partial charge in [0.05, 0.1) is 18.4 Å². The summed E-state index contributed by atoms with van der Waals surface area (Å²) in [5.74, 6) is -0.786. The molecule has 0 bridgehead atoms. The number of hydrogen-bond donors (Lipinski definition) is 1. The zero-order valence-electron chi connectivity index (χ0n) is 8.56. The van der Waals surface area contributed by atoms with E-state index in [9.17, 15) is 9.90 Å². The van der Waals surface area contributed by atoms with Crippen LogP contribution in [0, 0.1) is 0 Å². The van der Waals surface area contributed by atoms with Crippen LogP contribution in [0.25, 0.3) is 0 Å². The zero-order chi connectivity index (χ0) is 9.97. The molecular weight excluding hydrogens is 205 g/mol. The van der Waals surface area contributed by atoms with Crippen molar-refractivity contribution in [2.24, 2.45) is 0 Å². The number of hydrogen-bond acceptors (Lipinski definition) is 5. The molecule has 1 saturated carbocycles. The van der Waals surface area contributed by atoms with Crippen molar-refractivity contribution in [2.75, 3.05) is 5.32 Å². The number of aromatic nitrogens is 2. The van der Waals surface area contributed by atoms with Gasteiger partial charge >= 0.3 is 29.6 Å². The molecule has 1 aromatic rings. The van der Waals surface area contributed by atoms with Crippen LogP contribution in [0.3, 0.4) is 0 Å². The Kier molecular flexibility index (Phi) is 4.50. The van der Waals surface area contributed by atoms with Crippen LogP contribution in [-0.2, 0) is 0 Å². The predicted octanol–water partition coefficient (Wildman–Crippen LogP) is -3.19. The Hall–Kier alpha value is -0.650. The average Bonchev–Trinajstić information content (AvgIpc) is 2.12. The summed E-state index contributed by atoms with van der Waals surface area (Å²) < 4.78 is 0. The summed E-state index contributed by atoms with van der Waals surface area (Å²) in [5.41, 5.74) is -0.130. The van der Waals surface area contributed by atoms with Crippen molar-refractivity contribution in [3.8, 4) is 0 Å². The van der Waals surface area contributed by atoms with Gasteiger partial charge in [0.25, 0.3) is 0 Å². The SMILES string of the molecule is O=C([O-])c1cncc(NC2CCC2)n1.[Na+]. The van der Waals surface area contributed by atoms with Crippen LogP contribution in [0.1, 0.15) is 29.8 Å². The molecule has 15 heavy (non-hydrogen) atoms. The molecular formula is C9H10N3NaO2. The third-order valence-electron chi connectivity index (χ3n) is 2.30. The van der Waals surface area contributed by atoms with Crippen molar-refractivity contribution in [2.45, 2.75) is 25.3 Å². The Morgan fingerprint density at radius 3 is 2.73 bits per heavy atom. The van der Waals surface area contributed by atoms with E-state index in [1.807, 2.05) is 0 Å². The molecule has 5 nitrogen and oxygen atoms in total. The molecule has 74 valence electrons. The standard InChI is InChI=1S/C9H11N3O2.Na/c13-9(14)7-4-10-5-8(12-7)11-6-2-1-3-6;/h4-6H,1-3H2,(H,11,12)(H,13,14);/q;+1/p-1. The van der Waals surface area contributed by atoms with E-state index in [4.69, 9.17) is 0 Å². The summed E-state index contributed by atoms with van der Waals surface area (Å²) in [5, 5.41) is 13.6. The Morgan fingerprint density at radius 1 is 1.47 bits per heavy atom. The molecule has 2 rings (SSSR count). The summed E-state index contributed by atoms with van der Waals surface area (Å²) in [6.45, 7) is 0. The molecule has 0 radical (unpaired) electrons. The molecule has 1 aromatic heterocycles. The van der Waals surface area contributed by atoms with Crippen molar-refractivity contribution >= 4 is 11.8 Å². The normalized spacial score (nSPS) is 14.9. The van der Waals surface area contributed by atoms with Crippen LogP contribution >= 0.6 is 0 Å². The van der Waals surface area contributed by atoms with Crippen molar-refractivity contribution in [3.63, 3.8) is 0 Å². The van der Waals surface area contributed by atoms with E-state index in [2.05, 4.69) is 15.3 Å². The number of rotatable bonds is 3. The third-order valence-corrected chi connectivity index (χ3v) is 2.30. The summed E-state index contributed by atoms with van der Waals surface area (Å²) in [4.78, 5) is 18.1. The molecule has 0 unspecified atom stereocenters. The molecule has 0 aromatic carbocycles. The zero-order valence-corrected chi connectivity index (χ0v) is 10.6. The molecule has 6 heteroatoms. The minimum Gasteiger partial charge on any atom is -0.543 e. The van der Waals surface area contributed by atoms with Gasteiger partial charge in [0, 0.05) is 6.04 Å². The van der Waals surface area contributed by atoms with Crippen molar-refractivity contribution in [3.05, 3.63) is 18.1 Å². The van der Waals surface area contributed by atoms with Crippen molar-refractivity contribution in [1.82, 2.24) is 9.97 Å². The quantitative estimate of drug-likeness (QED) is 0.537. The van der Waals surface area contributed by atoms with Crippen LogP contribution in [-0.4, -0.2) is 22.0 Å². The van der Waals surface area contributed by atoms with Crippen LogP contribution < -0.4 is 40.0 Å². The first-order chi connectivity index (χ1) is 6.75. The Balaban J connectivity index is 0.00000112. The number of nitrogens with one attached hydrogen (secondary N) is 1. The van der Waals surface area contributed by atoms with Gasteiger partial charge in [-0.3, -0.25) is 4.98 Å². The third kappa shape index (κ3) is 3.15. The van der Waals surface area contributed by atoms with Gasteiger partial charge < -0.3 is 15.2 Å². The Labute approximate surface area is 110 Å². The number of anilines is 1. The minimum absolute atomic E-state index is 0. The second-order valence-electron chi connectivity index (χ2n) is 3.35. The van der Waals surface area contributed by atoms with Gasteiger partial charge in [0.1, 0.15) is 11.5 Å². The Bertz CT molecular complexity index is 355. The van der Waals surface area contributed by atoms with E-state index in [0.717, 1.165) is 12.8 Å². The molecule has 0 saturated heterocycles. The van der Waals surface area contributed by atoms with Gasteiger partial charge in [0.15, 0.2) is 0 Å². The van der Waals surface area contributed by atoms with Crippen LogP contribution in [0.2, 0.25) is 0 Å². The fraction of sp³-hybridized carbons (Fsp3) is 0.444. The van der Waals surface area contributed by atoms with Crippen LogP contribution in [0.5, 0.6) is 0 Å². The first kappa shape index (κ1) is 12.4. The van der Waals surface area contributed by atoms with Gasteiger partial charge in [-0.25, -0.2) is 4.98 Å². The van der Waals surface area contributed by atoms with E-state index in [-0.39, 0.29) is 35.3 Å². The van der Waals surface area contributed by atoms with Gasteiger partial charge in [-0.2, -0.15) is 0 Å². The molecule has 0 amide bonds. The van der Waals surface area contributed by atoms with E-state index >= 15 is 0 Å². The maximum atomic E-state index is 10.5. The van der Waals surface area contributed by atoms with E-state index in [1.54, 1.807) is 0 Å². The summed E-state index contributed by atoms with van der Waals surface area (Å²) in [6.07, 6.45) is 6.13. The molecule has 1 N–H and O–H groups in total. The number of carbonyl (C=O) groups excluding carboxylic acids is 1. The second kappa shape index (κ2) is 5.44. The summed E-state index contributed by atoms with van der Waals surface area (Å²) in [7, 11) is 0. The molecule has 0 atom stereocenters. The first-order valence-electron chi connectivity index (χ1n) is 4.55. The maximum Gasteiger partial charge on any atom is 1.00 e. The molecule has 1 aliphatic rings. The van der Waals surface area contributed by atoms with E-state index in [0.29, 0.717) is 11.9 Å². The van der Waals surface area contributed by atoms with Crippen molar-refractivity contribution in [1.29, 1.82) is 0 Å². The molecule has 0 aliphatic heterocycles. The monoisotopic (exact) mass is 215 g/mol. The largest absolute Gasteiger partial charge is 1.00 e. The number of nitrogens with zero attached hydrogens (tertiary/aromatic N) is 2. The molecule has 0 spiro atoms. The average molecular weight is 215 g/mol.